The second-order valence-corrected chi connectivity index (χ2v) is 6.88. The van der Waals surface area contributed by atoms with Gasteiger partial charge in [0.2, 0.25) is 21.8 Å². The summed E-state index contributed by atoms with van der Waals surface area (Å²) in [5.41, 5.74) is 6.00. The number of amides is 2. The Morgan fingerprint density at radius 3 is 2.65 bits per heavy atom. The third-order valence-corrected chi connectivity index (χ3v) is 4.97. The van der Waals surface area contributed by atoms with Crippen molar-refractivity contribution in [1.82, 2.24) is 10.0 Å². The zero-order chi connectivity index (χ0) is 14.9. The van der Waals surface area contributed by atoms with Crippen molar-refractivity contribution < 1.29 is 18.0 Å². The highest BCUT2D eigenvalue weighted by Crippen LogP contribution is 2.23. The number of carbonyl (C=O) groups is 2. The highest BCUT2D eigenvalue weighted by molar-refractivity contribution is 9.10. The summed E-state index contributed by atoms with van der Waals surface area (Å²) in [4.78, 5) is 22.5. The Morgan fingerprint density at radius 2 is 2.05 bits per heavy atom. The van der Waals surface area contributed by atoms with Crippen molar-refractivity contribution in [1.29, 1.82) is 0 Å². The maximum Gasteiger partial charge on any atom is 0.244 e. The number of sulfonamides is 1. The number of imide groups is 1. The average Bonchev–Trinajstić information content (AvgIpc) is 2.36. The summed E-state index contributed by atoms with van der Waals surface area (Å²) in [6.45, 7) is 0. The Labute approximate surface area is 124 Å². The molecule has 0 aromatic heterocycles. The van der Waals surface area contributed by atoms with Gasteiger partial charge in [0.05, 0.1) is 4.90 Å². The van der Waals surface area contributed by atoms with E-state index >= 15 is 0 Å². The lowest BCUT2D eigenvalue weighted by Gasteiger charge is -2.21. The number of carbonyl (C=O) groups excluding carboxylic acids is 2. The van der Waals surface area contributed by atoms with Crippen LogP contribution < -0.4 is 15.8 Å². The van der Waals surface area contributed by atoms with Crippen molar-refractivity contribution in [2.24, 2.45) is 0 Å². The summed E-state index contributed by atoms with van der Waals surface area (Å²) < 4.78 is 27.0. The fourth-order valence-electron chi connectivity index (χ4n) is 1.74. The maximum absolute atomic E-state index is 12.2. The first kappa shape index (κ1) is 14.9. The third-order valence-electron chi connectivity index (χ3n) is 2.82. The molecule has 1 fully saturated rings. The van der Waals surface area contributed by atoms with Gasteiger partial charge in [-0.05, 0) is 40.5 Å². The Hall–Kier alpha value is -1.45. The van der Waals surface area contributed by atoms with Crippen LogP contribution in [-0.4, -0.2) is 26.3 Å². The van der Waals surface area contributed by atoms with E-state index < -0.39 is 27.9 Å². The van der Waals surface area contributed by atoms with Crippen molar-refractivity contribution in [2.75, 3.05) is 5.73 Å². The molecule has 0 saturated carbocycles. The van der Waals surface area contributed by atoms with Gasteiger partial charge in [-0.15, -0.1) is 0 Å². The summed E-state index contributed by atoms with van der Waals surface area (Å²) >= 11 is 3.14. The van der Waals surface area contributed by atoms with Gasteiger partial charge in [0.15, 0.2) is 0 Å². The Bertz CT molecular complexity index is 674. The molecule has 1 saturated heterocycles. The zero-order valence-electron chi connectivity index (χ0n) is 10.2. The second kappa shape index (κ2) is 5.51. The molecule has 0 radical (unpaired) electrons. The van der Waals surface area contributed by atoms with Gasteiger partial charge >= 0.3 is 0 Å². The van der Waals surface area contributed by atoms with Gasteiger partial charge in [-0.2, -0.15) is 4.72 Å². The molecular weight excluding hydrogens is 350 g/mol. The van der Waals surface area contributed by atoms with Crippen molar-refractivity contribution in [3.8, 4) is 0 Å². The van der Waals surface area contributed by atoms with Crippen molar-refractivity contribution >= 4 is 43.5 Å². The molecule has 9 heteroatoms. The summed E-state index contributed by atoms with van der Waals surface area (Å²) in [6, 6.07) is 3.19. The number of anilines is 1. The molecule has 20 heavy (non-hydrogen) atoms. The first-order valence-electron chi connectivity index (χ1n) is 5.70. The van der Waals surface area contributed by atoms with Crippen LogP contribution in [0.3, 0.4) is 0 Å². The maximum atomic E-state index is 12.2. The highest BCUT2D eigenvalue weighted by Gasteiger charge is 2.30. The summed E-state index contributed by atoms with van der Waals surface area (Å²) in [5, 5.41) is 2.09. The average molecular weight is 362 g/mol. The SMILES string of the molecule is Nc1ccc(S(=O)(=O)NC2CCC(=O)NC2=O)cc1Br. The predicted molar refractivity (Wildman–Crippen MR) is 75.0 cm³/mol. The largest absolute Gasteiger partial charge is 0.398 e. The topological polar surface area (TPSA) is 118 Å². The number of nitrogens with two attached hydrogens (primary N) is 1. The first-order valence-corrected chi connectivity index (χ1v) is 7.98. The minimum atomic E-state index is -3.86. The number of nitrogen functional groups attached to an aromatic ring is 1. The lowest BCUT2D eigenvalue weighted by molar-refractivity contribution is -0.134. The van der Waals surface area contributed by atoms with E-state index in [1.165, 1.54) is 18.2 Å². The van der Waals surface area contributed by atoms with Crippen LogP contribution in [0.1, 0.15) is 12.8 Å². The molecule has 1 atom stereocenters. The van der Waals surface area contributed by atoms with Crippen LogP contribution >= 0.6 is 15.9 Å². The molecule has 7 nitrogen and oxygen atoms in total. The van der Waals surface area contributed by atoms with Crippen LogP contribution in [0, 0.1) is 0 Å². The van der Waals surface area contributed by atoms with Gasteiger partial charge < -0.3 is 5.73 Å². The zero-order valence-corrected chi connectivity index (χ0v) is 12.6. The lowest BCUT2D eigenvalue weighted by Crippen LogP contribution is -2.52. The van der Waals surface area contributed by atoms with E-state index in [0.29, 0.717) is 10.2 Å². The molecule has 2 rings (SSSR count). The fraction of sp³-hybridized carbons (Fsp3) is 0.273. The fourth-order valence-corrected chi connectivity index (χ4v) is 3.52. The van der Waals surface area contributed by atoms with E-state index in [2.05, 4.69) is 26.0 Å². The van der Waals surface area contributed by atoms with Crippen LogP contribution in [0.15, 0.2) is 27.6 Å². The number of rotatable bonds is 3. The second-order valence-electron chi connectivity index (χ2n) is 4.31. The minimum absolute atomic E-state index is 0.0109. The minimum Gasteiger partial charge on any atom is -0.398 e. The van der Waals surface area contributed by atoms with E-state index in [4.69, 9.17) is 5.73 Å². The monoisotopic (exact) mass is 361 g/mol. The molecule has 1 aromatic rings. The van der Waals surface area contributed by atoms with Crippen LogP contribution in [0.2, 0.25) is 0 Å². The van der Waals surface area contributed by atoms with E-state index in [1.807, 2.05) is 0 Å². The molecule has 0 spiro atoms. The summed E-state index contributed by atoms with van der Waals surface area (Å²) in [7, 11) is -3.86. The van der Waals surface area contributed by atoms with Crippen LogP contribution in [0.5, 0.6) is 0 Å². The third kappa shape index (κ3) is 3.17. The van der Waals surface area contributed by atoms with Crippen LogP contribution in [0.25, 0.3) is 0 Å². The Balaban J connectivity index is 2.21. The van der Waals surface area contributed by atoms with Gasteiger partial charge in [-0.1, -0.05) is 0 Å². The van der Waals surface area contributed by atoms with Gasteiger partial charge in [-0.25, -0.2) is 8.42 Å². The van der Waals surface area contributed by atoms with Crippen LogP contribution in [0.4, 0.5) is 5.69 Å². The first-order chi connectivity index (χ1) is 9.29. The Kier molecular flexibility index (Phi) is 4.11. The molecule has 2 amide bonds. The number of nitrogens with one attached hydrogen (secondary N) is 2. The van der Waals surface area contributed by atoms with E-state index in [0.717, 1.165) is 0 Å². The van der Waals surface area contributed by atoms with Gasteiger partial charge in [-0.3, -0.25) is 14.9 Å². The molecule has 1 aliphatic rings. The van der Waals surface area contributed by atoms with Gasteiger partial charge in [0.25, 0.3) is 0 Å². The molecule has 0 bridgehead atoms. The molecule has 0 aliphatic carbocycles. The molecule has 1 aromatic carbocycles. The molecule has 4 N–H and O–H groups in total. The van der Waals surface area contributed by atoms with Crippen molar-refractivity contribution in [3.05, 3.63) is 22.7 Å². The van der Waals surface area contributed by atoms with Crippen molar-refractivity contribution in [2.45, 2.75) is 23.8 Å². The summed E-state index contributed by atoms with van der Waals surface area (Å²) in [6.07, 6.45) is 0.240. The number of halogens is 1. The van der Waals surface area contributed by atoms with Crippen molar-refractivity contribution in [3.63, 3.8) is 0 Å². The number of hydrogen-bond donors (Lipinski definition) is 3. The highest BCUT2D eigenvalue weighted by atomic mass is 79.9. The quantitative estimate of drug-likeness (QED) is 0.521. The van der Waals surface area contributed by atoms with Crippen LogP contribution in [-0.2, 0) is 19.6 Å². The normalized spacial score (nSPS) is 19.8. The molecule has 1 unspecified atom stereocenters. The van der Waals surface area contributed by atoms with Gasteiger partial charge in [0, 0.05) is 16.6 Å². The number of hydrogen-bond acceptors (Lipinski definition) is 5. The summed E-state index contributed by atoms with van der Waals surface area (Å²) in [5.74, 6) is -1.04. The number of piperidine rings is 1. The molecule has 1 aliphatic heterocycles. The predicted octanol–water partition coefficient (Wildman–Crippen LogP) is 0.115. The van der Waals surface area contributed by atoms with E-state index in [9.17, 15) is 18.0 Å². The molecule has 108 valence electrons. The number of benzene rings is 1. The van der Waals surface area contributed by atoms with E-state index in [1.54, 1.807) is 0 Å². The smallest absolute Gasteiger partial charge is 0.244 e. The van der Waals surface area contributed by atoms with E-state index in [-0.39, 0.29) is 17.7 Å². The van der Waals surface area contributed by atoms with Gasteiger partial charge in [0.1, 0.15) is 6.04 Å². The molecule has 1 heterocycles. The standard InChI is InChI=1S/C11H12BrN3O4S/c12-7-5-6(1-2-8(7)13)20(18,19)15-9-3-4-10(16)14-11(9)17/h1-2,5,9,15H,3-4,13H2,(H,14,16,17). The Morgan fingerprint density at radius 1 is 1.35 bits per heavy atom. The lowest BCUT2D eigenvalue weighted by atomic mass is 10.1. The molecular formula is C11H12BrN3O4S.